The van der Waals surface area contributed by atoms with Gasteiger partial charge in [-0.2, -0.15) is 0 Å². The fraction of sp³-hybridized carbons (Fsp3) is 0.429. The monoisotopic (exact) mass is 267 g/mol. The van der Waals surface area contributed by atoms with Crippen LogP contribution in [0.1, 0.15) is 26.7 Å². The summed E-state index contributed by atoms with van der Waals surface area (Å²) in [6.45, 7) is 3.93. The number of rotatable bonds is 6. The van der Waals surface area contributed by atoms with Crippen molar-refractivity contribution >= 4 is 17.6 Å². The second kappa shape index (κ2) is 6.87. The van der Waals surface area contributed by atoms with Crippen LogP contribution in [0, 0.1) is 11.7 Å². The zero-order valence-corrected chi connectivity index (χ0v) is 11.1. The van der Waals surface area contributed by atoms with E-state index >= 15 is 0 Å². The minimum atomic E-state index is -0.922. The zero-order chi connectivity index (χ0) is 14.4. The summed E-state index contributed by atoms with van der Waals surface area (Å²) in [5, 5.41) is 8.67. The predicted molar refractivity (Wildman–Crippen MR) is 70.5 cm³/mol. The van der Waals surface area contributed by atoms with E-state index in [1.54, 1.807) is 26.0 Å². The van der Waals surface area contributed by atoms with Crippen molar-refractivity contribution in [1.29, 1.82) is 0 Å². The number of carbonyl (C=O) groups excluding carboxylic acids is 1. The maximum Gasteiger partial charge on any atom is 0.303 e. The number of benzene rings is 1. The topological polar surface area (TPSA) is 57.6 Å². The van der Waals surface area contributed by atoms with Crippen LogP contribution in [0.5, 0.6) is 0 Å². The molecule has 0 aromatic heterocycles. The smallest absolute Gasteiger partial charge is 0.303 e. The largest absolute Gasteiger partial charge is 0.481 e. The number of carboxylic acid groups (broad SMARTS) is 1. The van der Waals surface area contributed by atoms with E-state index in [-0.39, 0.29) is 24.7 Å². The maximum absolute atomic E-state index is 13.1. The van der Waals surface area contributed by atoms with Gasteiger partial charge in [0.05, 0.1) is 0 Å². The molecule has 1 rings (SSSR count). The summed E-state index contributed by atoms with van der Waals surface area (Å²) in [4.78, 5) is 24.1. The molecule has 0 heterocycles. The van der Waals surface area contributed by atoms with Crippen LogP contribution in [0.2, 0.25) is 0 Å². The quantitative estimate of drug-likeness (QED) is 0.862. The average Bonchev–Trinajstić information content (AvgIpc) is 2.28. The first-order valence-corrected chi connectivity index (χ1v) is 6.21. The van der Waals surface area contributed by atoms with E-state index in [4.69, 9.17) is 5.11 Å². The van der Waals surface area contributed by atoms with E-state index in [1.807, 2.05) is 0 Å². The highest BCUT2D eigenvalue weighted by atomic mass is 19.1. The van der Waals surface area contributed by atoms with Crippen LogP contribution in [0.3, 0.4) is 0 Å². The second-order valence-electron chi connectivity index (χ2n) is 4.53. The van der Waals surface area contributed by atoms with E-state index in [0.717, 1.165) is 0 Å². The Morgan fingerprint density at radius 2 is 2.05 bits per heavy atom. The van der Waals surface area contributed by atoms with Crippen LogP contribution in [-0.4, -0.2) is 23.5 Å². The Morgan fingerprint density at radius 3 is 2.58 bits per heavy atom. The second-order valence-corrected chi connectivity index (χ2v) is 4.53. The minimum absolute atomic E-state index is 0.0492. The molecule has 5 heteroatoms. The number of hydrogen-bond acceptors (Lipinski definition) is 2. The Morgan fingerprint density at radius 1 is 1.37 bits per heavy atom. The summed E-state index contributed by atoms with van der Waals surface area (Å²) in [5.74, 6) is -1.76. The average molecular weight is 267 g/mol. The summed E-state index contributed by atoms with van der Waals surface area (Å²) < 4.78 is 13.1. The van der Waals surface area contributed by atoms with E-state index in [1.165, 1.54) is 17.0 Å². The van der Waals surface area contributed by atoms with Crippen molar-refractivity contribution in [2.75, 3.05) is 11.4 Å². The molecule has 0 radical (unpaired) electrons. The van der Waals surface area contributed by atoms with E-state index < -0.39 is 11.8 Å². The first-order valence-electron chi connectivity index (χ1n) is 6.21. The molecule has 0 bridgehead atoms. The maximum atomic E-state index is 13.1. The third-order valence-corrected chi connectivity index (χ3v) is 2.78. The van der Waals surface area contributed by atoms with Gasteiger partial charge < -0.3 is 10.0 Å². The molecule has 0 spiro atoms. The van der Waals surface area contributed by atoms with E-state index in [2.05, 4.69) is 0 Å². The lowest BCUT2D eigenvalue weighted by atomic mass is 10.0. The van der Waals surface area contributed by atoms with Crippen LogP contribution in [0.15, 0.2) is 24.3 Å². The molecule has 1 amide bonds. The molecule has 0 aliphatic carbocycles. The third-order valence-electron chi connectivity index (χ3n) is 2.78. The van der Waals surface area contributed by atoms with Crippen LogP contribution < -0.4 is 4.90 Å². The Hall–Kier alpha value is -1.91. The summed E-state index contributed by atoms with van der Waals surface area (Å²) >= 11 is 0. The van der Waals surface area contributed by atoms with Gasteiger partial charge in [0.2, 0.25) is 5.91 Å². The van der Waals surface area contributed by atoms with Gasteiger partial charge in [-0.1, -0.05) is 13.0 Å². The standard InChI is InChI=1S/C14H18FNO3/c1-3-16(12-6-4-5-11(15)9-12)13(17)7-10(2)8-14(18)19/h4-6,9-10H,3,7-8H2,1-2H3,(H,18,19). The molecule has 1 aromatic rings. The molecular formula is C14H18FNO3. The van der Waals surface area contributed by atoms with Crippen molar-refractivity contribution in [2.45, 2.75) is 26.7 Å². The molecule has 0 saturated heterocycles. The molecule has 1 atom stereocenters. The molecule has 1 unspecified atom stereocenters. The van der Waals surface area contributed by atoms with Gasteiger partial charge in [0, 0.05) is 25.1 Å². The number of carbonyl (C=O) groups is 2. The summed E-state index contributed by atoms with van der Waals surface area (Å²) in [6.07, 6.45) is 0.0864. The predicted octanol–water partition coefficient (Wildman–Crippen LogP) is 2.68. The van der Waals surface area contributed by atoms with Gasteiger partial charge in [-0.25, -0.2) is 4.39 Å². The van der Waals surface area contributed by atoms with Crippen molar-refractivity contribution in [2.24, 2.45) is 5.92 Å². The third kappa shape index (κ3) is 4.69. The van der Waals surface area contributed by atoms with Gasteiger partial charge in [-0.15, -0.1) is 0 Å². The van der Waals surface area contributed by atoms with E-state index in [0.29, 0.717) is 12.2 Å². The lowest BCUT2D eigenvalue weighted by Gasteiger charge is -2.22. The molecule has 4 nitrogen and oxygen atoms in total. The molecule has 0 aliphatic rings. The van der Waals surface area contributed by atoms with Crippen molar-refractivity contribution in [1.82, 2.24) is 0 Å². The van der Waals surface area contributed by atoms with Crippen molar-refractivity contribution in [3.8, 4) is 0 Å². The lowest BCUT2D eigenvalue weighted by Crippen LogP contribution is -2.32. The number of anilines is 1. The Balaban J connectivity index is 2.74. The molecule has 1 aromatic carbocycles. The minimum Gasteiger partial charge on any atom is -0.481 e. The van der Waals surface area contributed by atoms with Gasteiger partial charge in [0.1, 0.15) is 5.82 Å². The molecule has 0 aliphatic heterocycles. The van der Waals surface area contributed by atoms with E-state index in [9.17, 15) is 14.0 Å². The fourth-order valence-corrected chi connectivity index (χ4v) is 1.93. The van der Waals surface area contributed by atoms with Crippen LogP contribution in [0.25, 0.3) is 0 Å². The van der Waals surface area contributed by atoms with Crippen molar-refractivity contribution in [3.05, 3.63) is 30.1 Å². The molecule has 1 N–H and O–H groups in total. The van der Waals surface area contributed by atoms with Gasteiger partial charge >= 0.3 is 5.97 Å². The lowest BCUT2D eigenvalue weighted by molar-refractivity contribution is -0.138. The highest BCUT2D eigenvalue weighted by molar-refractivity contribution is 5.93. The fourth-order valence-electron chi connectivity index (χ4n) is 1.93. The number of nitrogens with zero attached hydrogens (tertiary/aromatic N) is 1. The normalized spacial score (nSPS) is 11.9. The highest BCUT2D eigenvalue weighted by Gasteiger charge is 2.18. The Kier molecular flexibility index (Phi) is 5.48. The first-order chi connectivity index (χ1) is 8.93. The molecule has 104 valence electrons. The van der Waals surface area contributed by atoms with Crippen molar-refractivity contribution in [3.63, 3.8) is 0 Å². The van der Waals surface area contributed by atoms with Gasteiger partial charge in [-0.3, -0.25) is 9.59 Å². The number of hydrogen-bond donors (Lipinski definition) is 1. The van der Waals surface area contributed by atoms with Crippen LogP contribution in [-0.2, 0) is 9.59 Å². The number of halogens is 1. The Labute approximate surface area is 111 Å². The van der Waals surface area contributed by atoms with Crippen molar-refractivity contribution < 1.29 is 19.1 Å². The van der Waals surface area contributed by atoms with Crippen LogP contribution in [0.4, 0.5) is 10.1 Å². The van der Waals surface area contributed by atoms with Gasteiger partial charge in [0.15, 0.2) is 0 Å². The highest BCUT2D eigenvalue weighted by Crippen LogP contribution is 2.18. The summed E-state index contributed by atoms with van der Waals surface area (Å²) in [6, 6.07) is 5.81. The molecule has 0 fully saturated rings. The SMILES string of the molecule is CCN(C(=O)CC(C)CC(=O)O)c1cccc(F)c1. The first kappa shape index (κ1) is 15.1. The number of carboxylic acids is 1. The molecule has 19 heavy (non-hydrogen) atoms. The molecule has 0 saturated carbocycles. The van der Waals surface area contributed by atoms with Gasteiger partial charge in [-0.05, 0) is 31.0 Å². The summed E-state index contributed by atoms with van der Waals surface area (Å²) in [5.41, 5.74) is 0.495. The van der Waals surface area contributed by atoms with Crippen LogP contribution >= 0.6 is 0 Å². The van der Waals surface area contributed by atoms with Gasteiger partial charge in [0.25, 0.3) is 0 Å². The number of amides is 1. The number of aliphatic carboxylic acids is 1. The molecular weight excluding hydrogens is 249 g/mol. The Bertz CT molecular complexity index is 462. The summed E-state index contributed by atoms with van der Waals surface area (Å²) in [7, 11) is 0. The zero-order valence-electron chi connectivity index (χ0n) is 11.1.